The lowest BCUT2D eigenvalue weighted by Gasteiger charge is -2.64. The molecule has 64 heavy (non-hydrogen) atoms. The fourth-order valence-corrected chi connectivity index (χ4v) is 10.5. The summed E-state index contributed by atoms with van der Waals surface area (Å²) in [4.78, 5) is 69.0. The van der Waals surface area contributed by atoms with Gasteiger partial charge in [0.25, 0.3) is 0 Å². The zero-order valence-electron chi connectivity index (χ0n) is 39.7. The van der Waals surface area contributed by atoms with Gasteiger partial charge in [0.15, 0.2) is 17.3 Å². The molecule has 12 nitrogen and oxygen atoms in total. The van der Waals surface area contributed by atoms with Gasteiger partial charge in [-0.3, -0.25) is 24.0 Å². The maximum atomic E-state index is 13.9. The van der Waals surface area contributed by atoms with Crippen molar-refractivity contribution < 1.29 is 38.4 Å². The lowest BCUT2D eigenvalue weighted by molar-refractivity contribution is -0.199. The molecule has 2 aromatic carbocycles. The van der Waals surface area contributed by atoms with E-state index in [4.69, 9.17) is 20.8 Å². The Morgan fingerprint density at radius 3 is 2.02 bits per heavy atom. The Kier molecular flexibility index (Phi) is 18.5. The molecule has 1 aliphatic heterocycles. The minimum Gasteiger partial charge on any atom is -0.405 e. The summed E-state index contributed by atoms with van der Waals surface area (Å²) in [5.74, 6) is -2.70. The van der Waals surface area contributed by atoms with Crippen LogP contribution >= 0.6 is 0 Å². The van der Waals surface area contributed by atoms with Gasteiger partial charge < -0.3 is 36.5 Å². The number of carbonyl (C=O) groups is 5. The van der Waals surface area contributed by atoms with E-state index in [1.165, 1.54) is 12.5 Å². The molecule has 7 N–H and O–H groups in total. The molecule has 4 aliphatic rings. The number of hydrogen-bond donors (Lipinski definition) is 5. The van der Waals surface area contributed by atoms with Gasteiger partial charge in [-0.1, -0.05) is 89.6 Å². The maximum Gasteiger partial charge on any atom is 0.461 e. The van der Waals surface area contributed by atoms with E-state index in [0.717, 1.165) is 43.2 Å². The van der Waals surface area contributed by atoms with Crippen molar-refractivity contribution in [3.63, 3.8) is 0 Å². The topological polar surface area (TPSA) is 200 Å². The van der Waals surface area contributed by atoms with E-state index < -0.39 is 60.3 Å². The number of aliphatic hydroxyl groups is 1. The van der Waals surface area contributed by atoms with Gasteiger partial charge >= 0.3 is 7.12 Å². The van der Waals surface area contributed by atoms with Gasteiger partial charge in [-0.2, -0.15) is 0 Å². The van der Waals surface area contributed by atoms with Gasteiger partial charge in [0.05, 0.1) is 23.9 Å². The number of nitrogens with two attached hydrogens (primary N) is 2. The molecular formula is C51H77BN4O8. The highest BCUT2D eigenvalue weighted by molar-refractivity contribution is 6.47. The maximum absolute atomic E-state index is 13.9. The van der Waals surface area contributed by atoms with Gasteiger partial charge in [-0.15, -0.1) is 0 Å². The van der Waals surface area contributed by atoms with Crippen LogP contribution in [0, 0.1) is 29.1 Å². The second-order valence-corrected chi connectivity index (χ2v) is 20.0. The fraction of sp³-hybridized carbons (Fsp3) is 0.667. The molecule has 4 fully saturated rings. The second kappa shape index (κ2) is 23.1. The first kappa shape index (κ1) is 51.2. The summed E-state index contributed by atoms with van der Waals surface area (Å²) in [6, 6.07) is 13.7. The minimum absolute atomic E-state index is 0.00294. The first-order valence-corrected chi connectivity index (χ1v) is 24.3. The van der Waals surface area contributed by atoms with E-state index in [9.17, 15) is 29.1 Å². The van der Waals surface area contributed by atoms with E-state index in [2.05, 4.69) is 62.6 Å². The van der Waals surface area contributed by atoms with Crippen molar-refractivity contribution in [2.24, 2.45) is 40.6 Å². The Morgan fingerprint density at radius 1 is 0.781 bits per heavy atom. The largest absolute Gasteiger partial charge is 0.461 e. The van der Waals surface area contributed by atoms with Crippen LogP contribution in [0.3, 0.4) is 0 Å². The zero-order valence-corrected chi connectivity index (χ0v) is 39.7. The van der Waals surface area contributed by atoms with Crippen molar-refractivity contribution in [1.29, 1.82) is 0 Å². The van der Waals surface area contributed by atoms with Crippen molar-refractivity contribution in [2.75, 3.05) is 13.1 Å². The van der Waals surface area contributed by atoms with Crippen LogP contribution in [0.25, 0.3) is 11.1 Å². The molecule has 10 atom stereocenters. The van der Waals surface area contributed by atoms with Crippen molar-refractivity contribution in [2.45, 2.75) is 174 Å². The predicted octanol–water partition coefficient (Wildman–Crippen LogP) is 7.17. The Labute approximate surface area is 382 Å². The summed E-state index contributed by atoms with van der Waals surface area (Å²) in [7, 11) is -0.522. The molecule has 0 spiro atoms. The highest BCUT2D eigenvalue weighted by Crippen LogP contribution is 2.66. The Balaban J connectivity index is 1.18. The van der Waals surface area contributed by atoms with Gasteiger partial charge in [0, 0.05) is 36.7 Å². The molecule has 13 heteroatoms. The summed E-state index contributed by atoms with van der Waals surface area (Å²) >= 11 is 0. The number of aryl methyl sites for hydroxylation is 1. The van der Waals surface area contributed by atoms with Crippen molar-refractivity contribution >= 4 is 36.3 Å². The average Bonchev–Trinajstić information content (AvgIpc) is 3.65. The Bertz CT molecular complexity index is 1890. The Hall–Kier alpha value is -3.75. The molecule has 1 heterocycles. The van der Waals surface area contributed by atoms with Crippen LogP contribution in [0.1, 0.15) is 148 Å². The van der Waals surface area contributed by atoms with Gasteiger partial charge in [-0.05, 0) is 131 Å². The number of hydrogen-bond acceptors (Lipinski definition) is 10. The molecule has 1 unspecified atom stereocenters. The number of nitrogens with one attached hydrogen (secondary N) is 2. The van der Waals surface area contributed by atoms with Crippen LogP contribution < -0.4 is 22.1 Å². The number of amides is 2. The number of aliphatic hydroxyl groups excluding tert-OH is 1. The van der Waals surface area contributed by atoms with E-state index in [1.807, 2.05) is 19.1 Å². The monoisotopic (exact) mass is 885 g/mol. The summed E-state index contributed by atoms with van der Waals surface area (Å²) in [6.07, 6.45) is 6.71. The predicted molar refractivity (Wildman–Crippen MR) is 252 cm³/mol. The number of benzene rings is 2. The molecule has 2 amide bonds. The number of carbonyl (C=O) groups excluding carboxylic acids is 5. The summed E-state index contributed by atoms with van der Waals surface area (Å²) < 4.78 is 13.1. The van der Waals surface area contributed by atoms with Crippen molar-refractivity contribution in [1.82, 2.24) is 10.6 Å². The van der Waals surface area contributed by atoms with Crippen LogP contribution in [0.15, 0.2) is 48.5 Å². The van der Waals surface area contributed by atoms with E-state index in [1.54, 1.807) is 19.1 Å². The number of ketones is 3. The molecular weight excluding hydrogens is 807 g/mol. The molecule has 0 aromatic heterocycles. The molecule has 2 bridgehead atoms. The fourth-order valence-electron chi connectivity index (χ4n) is 10.5. The van der Waals surface area contributed by atoms with Crippen LogP contribution in [-0.4, -0.2) is 84.4 Å². The van der Waals surface area contributed by atoms with Crippen LogP contribution in [0.5, 0.6) is 0 Å². The smallest absolute Gasteiger partial charge is 0.405 e. The second-order valence-electron chi connectivity index (χ2n) is 20.0. The van der Waals surface area contributed by atoms with Crippen molar-refractivity contribution in [3.8, 4) is 11.1 Å². The highest BCUT2D eigenvalue weighted by atomic mass is 16.7. The van der Waals surface area contributed by atoms with E-state index in [-0.39, 0.29) is 54.6 Å². The van der Waals surface area contributed by atoms with Crippen LogP contribution in [0.2, 0.25) is 5.82 Å². The molecule has 352 valence electrons. The molecule has 3 saturated carbocycles. The van der Waals surface area contributed by atoms with Crippen molar-refractivity contribution in [3.05, 3.63) is 59.7 Å². The van der Waals surface area contributed by atoms with Crippen LogP contribution in [0.4, 0.5) is 0 Å². The SMILES string of the molecule is CCCCc1ccc(-c2ccc(C(=O)C[C@@H](CCCN)C(=O)N[C@H](C(=O)C[C@@H](CC)C(=O)N[C@@H](CCCCN)C(=O)C[C@@H](C)B3OC4C[C@@H]5C[C@@H](C5(C)C)[C@]4(C)O3)[C@@H](C)O)cc2)cc1. The Morgan fingerprint density at radius 2 is 1.42 bits per heavy atom. The normalized spacial score (nSPS) is 23.7. The van der Waals surface area contributed by atoms with Gasteiger partial charge in [0.2, 0.25) is 11.8 Å². The van der Waals surface area contributed by atoms with Crippen LogP contribution in [-0.2, 0) is 34.9 Å². The lowest BCUT2D eigenvalue weighted by Crippen LogP contribution is -2.65. The minimum atomic E-state index is -1.31. The van der Waals surface area contributed by atoms with E-state index in [0.29, 0.717) is 62.6 Å². The van der Waals surface area contributed by atoms with E-state index >= 15 is 0 Å². The number of rotatable bonds is 27. The molecule has 3 aliphatic carbocycles. The number of unbranched alkanes of at least 4 members (excludes halogenated alkanes) is 2. The molecule has 1 saturated heterocycles. The molecule has 6 rings (SSSR count). The third kappa shape index (κ3) is 12.4. The quantitative estimate of drug-likeness (QED) is 0.0348. The summed E-state index contributed by atoms with van der Waals surface area (Å²) in [5.41, 5.74) is 15.2. The summed E-state index contributed by atoms with van der Waals surface area (Å²) in [6.45, 7) is 14.9. The molecule has 2 aromatic rings. The van der Waals surface area contributed by atoms with Gasteiger partial charge in [0.1, 0.15) is 6.04 Å². The number of Topliss-reactive ketones (excluding diaryl/α,β-unsaturated/α-hetero) is 3. The molecule has 0 radical (unpaired) electrons. The first-order chi connectivity index (χ1) is 30.5. The van der Waals surface area contributed by atoms with Gasteiger partial charge in [-0.25, -0.2) is 0 Å². The standard InChI is InChI=1S/C51H77BN4O8/c1-8-10-14-34-17-19-36(20-18-34)37-21-23-38(24-22-37)42(58)29-39(15-13-26-54)49(62)56-47(33(4)57)44(60)28-35(9-2)48(61)55-41(16-11-12-25-53)43(59)27-32(3)52-63-46-31-40-30-45(50(40,5)6)51(46,7)64-52/h17-24,32-33,35,39-41,45-47,57H,8-16,25-31,53-54H2,1-7H3,(H,55,61)(H,56,62)/t32-,33-,35-,39-,40+,41+,45+,46?,47+,51+/m1/s1. The summed E-state index contributed by atoms with van der Waals surface area (Å²) in [5, 5.41) is 16.5. The third-order valence-corrected chi connectivity index (χ3v) is 14.9. The first-order valence-electron chi connectivity index (χ1n) is 24.3. The highest BCUT2D eigenvalue weighted by Gasteiger charge is 2.68. The lowest BCUT2D eigenvalue weighted by atomic mass is 9.43. The zero-order chi connectivity index (χ0) is 46.8. The third-order valence-electron chi connectivity index (χ3n) is 14.9. The average molecular weight is 885 g/mol.